The van der Waals surface area contributed by atoms with Gasteiger partial charge in [0.15, 0.2) is 0 Å². The summed E-state index contributed by atoms with van der Waals surface area (Å²) in [6.07, 6.45) is 3.74. The molecule has 3 nitrogen and oxygen atoms in total. The van der Waals surface area contributed by atoms with Crippen LogP contribution in [0, 0.1) is 13.8 Å². The van der Waals surface area contributed by atoms with Crippen molar-refractivity contribution >= 4 is 5.78 Å². The molecule has 0 bridgehead atoms. The summed E-state index contributed by atoms with van der Waals surface area (Å²) in [5.74, 6) is 0.280. The highest BCUT2D eigenvalue weighted by molar-refractivity contribution is 5.75. The largest absolute Gasteiger partial charge is 0.300 e. The van der Waals surface area contributed by atoms with Gasteiger partial charge in [-0.1, -0.05) is 6.92 Å². The summed E-state index contributed by atoms with van der Waals surface area (Å²) in [6, 6.07) is 0. The highest BCUT2D eigenvalue weighted by Crippen LogP contribution is 2.14. The van der Waals surface area contributed by atoms with Gasteiger partial charge >= 0.3 is 0 Å². The second-order valence-corrected chi connectivity index (χ2v) is 4.39. The summed E-state index contributed by atoms with van der Waals surface area (Å²) in [5.41, 5.74) is 3.79. The van der Waals surface area contributed by atoms with Crippen molar-refractivity contribution < 1.29 is 4.79 Å². The first-order chi connectivity index (χ1) is 7.56. The van der Waals surface area contributed by atoms with E-state index in [0.29, 0.717) is 6.42 Å². The van der Waals surface area contributed by atoms with Gasteiger partial charge in [0.25, 0.3) is 0 Å². The van der Waals surface area contributed by atoms with Gasteiger partial charge in [0.05, 0.1) is 5.69 Å². The zero-order valence-corrected chi connectivity index (χ0v) is 10.8. The molecular formula is C13H22N2O. The maximum absolute atomic E-state index is 10.8. The number of aryl methyl sites for hydroxylation is 2. The predicted octanol–water partition coefficient (Wildman–Crippen LogP) is 2.82. The lowest BCUT2D eigenvalue weighted by Gasteiger charge is -2.04. The highest BCUT2D eigenvalue weighted by Gasteiger charge is 2.08. The minimum atomic E-state index is 0.280. The Morgan fingerprint density at radius 2 is 2.00 bits per heavy atom. The molecule has 0 fully saturated rings. The molecule has 0 spiro atoms. The van der Waals surface area contributed by atoms with Crippen molar-refractivity contribution in [1.29, 1.82) is 0 Å². The van der Waals surface area contributed by atoms with Gasteiger partial charge in [-0.05, 0) is 45.6 Å². The van der Waals surface area contributed by atoms with Gasteiger partial charge in [-0.15, -0.1) is 0 Å². The monoisotopic (exact) mass is 222 g/mol. The van der Waals surface area contributed by atoms with Gasteiger partial charge in [0, 0.05) is 18.7 Å². The van der Waals surface area contributed by atoms with Crippen molar-refractivity contribution in [2.24, 2.45) is 0 Å². The quantitative estimate of drug-likeness (QED) is 0.694. The Morgan fingerprint density at radius 3 is 2.50 bits per heavy atom. The average molecular weight is 222 g/mol. The van der Waals surface area contributed by atoms with Gasteiger partial charge in [-0.3, -0.25) is 4.68 Å². The van der Waals surface area contributed by atoms with E-state index in [9.17, 15) is 4.79 Å². The lowest BCUT2D eigenvalue weighted by molar-refractivity contribution is -0.117. The number of ketones is 1. The predicted molar refractivity (Wildman–Crippen MR) is 65.6 cm³/mol. The standard InChI is InChI=1S/C13H22N2O/c1-5-13-11(3)14-15(12(13)4)9-7-6-8-10(2)16/h5-9H2,1-4H3. The number of Topliss-reactive ketones (excluding diaryl/α,β-unsaturated/α-hetero) is 1. The molecule has 1 rings (SSSR count). The molecule has 0 N–H and O–H groups in total. The van der Waals surface area contributed by atoms with Crippen molar-refractivity contribution in [3.63, 3.8) is 0 Å². The summed E-state index contributed by atoms with van der Waals surface area (Å²) in [7, 11) is 0. The third-order valence-corrected chi connectivity index (χ3v) is 3.03. The first-order valence-electron chi connectivity index (χ1n) is 6.08. The fraction of sp³-hybridized carbons (Fsp3) is 0.692. The molecule has 0 saturated carbocycles. The maximum Gasteiger partial charge on any atom is 0.129 e. The molecule has 1 aromatic rings. The van der Waals surface area contributed by atoms with E-state index < -0.39 is 0 Å². The maximum atomic E-state index is 10.8. The average Bonchev–Trinajstić information content (AvgIpc) is 2.48. The van der Waals surface area contributed by atoms with Crippen molar-refractivity contribution in [1.82, 2.24) is 9.78 Å². The molecule has 16 heavy (non-hydrogen) atoms. The van der Waals surface area contributed by atoms with Crippen LogP contribution in [0.2, 0.25) is 0 Å². The lowest BCUT2D eigenvalue weighted by atomic mass is 10.1. The summed E-state index contributed by atoms with van der Waals surface area (Å²) in [6.45, 7) is 8.94. The molecule has 0 unspecified atom stereocenters. The highest BCUT2D eigenvalue weighted by atomic mass is 16.1. The van der Waals surface area contributed by atoms with Crippen LogP contribution < -0.4 is 0 Å². The van der Waals surface area contributed by atoms with E-state index in [0.717, 1.165) is 31.5 Å². The molecule has 0 aliphatic carbocycles. The van der Waals surface area contributed by atoms with Gasteiger partial charge in [-0.2, -0.15) is 5.10 Å². The van der Waals surface area contributed by atoms with Crippen LogP contribution >= 0.6 is 0 Å². The summed E-state index contributed by atoms with van der Waals surface area (Å²) >= 11 is 0. The van der Waals surface area contributed by atoms with E-state index in [1.165, 1.54) is 11.3 Å². The Hall–Kier alpha value is -1.12. The van der Waals surface area contributed by atoms with Crippen LogP contribution in [0.4, 0.5) is 0 Å². The zero-order valence-electron chi connectivity index (χ0n) is 10.8. The van der Waals surface area contributed by atoms with E-state index in [1.54, 1.807) is 6.92 Å². The van der Waals surface area contributed by atoms with Crippen LogP contribution in [0.5, 0.6) is 0 Å². The van der Waals surface area contributed by atoms with Crippen LogP contribution in [0.15, 0.2) is 0 Å². The Balaban J connectivity index is 2.51. The number of carbonyl (C=O) groups excluding carboxylic acids is 1. The summed E-state index contributed by atoms with van der Waals surface area (Å²) in [5, 5.41) is 4.53. The fourth-order valence-electron chi connectivity index (χ4n) is 2.10. The molecule has 3 heteroatoms. The molecule has 0 amide bonds. The molecule has 0 atom stereocenters. The molecule has 90 valence electrons. The van der Waals surface area contributed by atoms with Crippen molar-refractivity contribution in [3.8, 4) is 0 Å². The first-order valence-corrected chi connectivity index (χ1v) is 6.08. The number of nitrogens with zero attached hydrogens (tertiary/aromatic N) is 2. The molecular weight excluding hydrogens is 200 g/mol. The summed E-state index contributed by atoms with van der Waals surface area (Å²) in [4.78, 5) is 10.8. The van der Waals surface area contributed by atoms with Crippen LogP contribution in [0.1, 0.15) is 50.1 Å². The second kappa shape index (κ2) is 5.83. The Labute approximate surface area is 97.8 Å². The minimum absolute atomic E-state index is 0.280. The van der Waals surface area contributed by atoms with E-state index in [2.05, 4.69) is 30.6 Å². The molecule has 0 aromatic carbocycles. The van der Waals surface area contributed by atoms with Crippen molar-refractivity contribution in [3.05, 3.63) is 17.0 Å². The Bertz CT molecular complexity index is 366. The number of hydrogen-bond donors (Lipinski definition) is 0. The van der Waals surface area contributed by atoms with E-state index in [-0.39, 0.29) is 5.78 Å². The van der Waals surface area contributed by atoms with E-state index in [4.69, 9.17) is 0 Å². The Morgan fingerprint density at radius 1 is 1.31 bits per heavy atom. The third kappa shape index (κ3) is 3.19. The lowest BCUT2D eigenvalue weighted by Crippen LogP contribution is -2.03. The van der Waals surface area contributed by atoms with Gasteiger partial charge in [-0.25, -0.2) is 0 Å². The van der Waals surface area contributed by atoms with Crippen LogP contribution in [-0.4, -0.2) is 15.6 Å². The topological polar surface area (TPSA) is 34.9 Å². The molecule has 0 aliphatic rings. The van der Waals surface area contributed by atoms with Crippen LogP contribution in [0.3, 0.4) is 0 Å². The molecule has 1 heterocycles. The van der Waals surface area contributed by atoms with Crippen molar-refractivity contribution in [2.75, 3.05) is 0 Å². The van der Waals surface area contributed by atoms with Crippen LogP contribution in [0.25, 0.3) is 0 Å². The SMILES string of the molecule is CCc1c(C)nn(CCCCC(C)=O)c1C. The van der Waals surface area contributed by atoms with Crippen molar-refractivity contribution in [2.45, 2.75) is 59.9 Å². The molecule has 1 aromatic heterocycles. The van der Waals surface area contributed by atoms with Gasteiger partial charge < -0.3 is 4.79 Å². The van der Waals surface area contributed by atoms with Crippen LogP contribution in [-0.2, 0) is 17.8 Å². The molecule has 0 saturated heterocycles. The Kier molecular flexibility index (Phi) is 4.71. The summed E-state index contributed by atoms with van der Waals surface area (Å²) < 4.78 is 2.08. The molecule has 0 radical (unpaired) electrons. The smallest absolute Gasteiger partial charge is 0.129 e. The molecule has 0 aliphatic heterocycles. The number of carbonyl (C=O) groups is 1. The third-order valence-electron chi connectivity index (χ3n) is 3.03. The van der Waals surface area contributed by atoms with E-state index >= 15 is 0 Å². The van der Waals surface area contributed by atoms with Gasteiger partial charge in [0.2, 0.25) is 0 Å². The fourth-order valence-corrected chi connectivity index (χ4v) is 2.10. The van der Waals surface area contributed by atoms with Gasteiger partial charge in [0.1, 0.15) is 5.78 Å². The number of hydrogen-bond acceptors (Lipinski definition) is 2. The zero-order chi connectivity index (χ0) is 12.1. The normalized spacial score (nSPS) is 10.8. The van der Waals surface area contributed by atoms with E-state index in [1.807, 2.05) is 0 Å². The number of unbranched alkanes of at least 4 members (excludes halogenated alkanes) is 1. The number of aromatic nitrogens is 2. The number of rotatable bonds is 6. The second-order valence-electron chi connectivity index (χ2n) is 4.39. The first kappa shape index (κ1) is 12.9. The minimum Gasteiger partial charge on any atom is -0.300 e.